The van der Waals surface area contributed by atoms with Crippen LogP contribution in [0, 0.1) is 13.8 Å². The van der Waals surface area contributed by atoms with Crippen LogP contribution in [0.5, 0.6) is 0 Å². The summed E-state index contributed by atoms with van der Waals surface area (Å²) in [5.41, 5.74) is 5.17. The highest BCUT2D eigenvalue weighted by Crippen LogP contribution is 2.29. The molecule has 0 amide bonds. The first kappa shape index (κ1) is 20.1. The summed E-state index contributed by atoms with van der Waals surface area (Å²) >= 11 is 1.53. The van der Waals surface area contributed by atoms with Crippen LogP contribution in [-0.4, -0.2) is 30.8 Å². The Morgan fingerprint density at radius 1 is 0.966 bits per heavy atom. The number of thiazole rings is 1. The quantitative estimate of drug-likeness (QED) is 0.597. The van der Waals surface area contributed by atoms with Crippen molar-refractivity contribution in [1.82, 2.24) is 9.29 Å². The number of nitrogens with zero attached hydrogens (tertiary/aromatic N) is 2. The molecule has 0 radical (unpaired) electrons. The minimum Gasteiger partial charge on any atom is -0.332 e. The van der Waals surface area contributed by atoms with E-state index in [0.717, 1.165) is 41.3 Å². The van der Waals surface area contributed by atoms with Crippen molar-refractivity contribution in [1.29, 1.82) is 0 Å². The molecule has 2 heterocycles. The van der Waals surface area contributed by atoms with Crippen molar-refractivity contribution >= 4 is 32.2 Å². The molecule has 0 aliphatic carbocycles. The lowest BCUT2D eigenvalue weighted by Crippen LogP contribution is -2.35. The number of piperidine rings is 1. The van der Waals surface area contributed by atoms with Crippen LogP contribution in [0.2, 0.25) is 0 Å². The first-order valence-electron chi connectivity index (χ1n) is 9.83. The fourth-order valence-electron chi connectivity index (χ4n) is 3.69. The van der Waals surface area contributed by atoms with Crippen LogP contribution in [0.25, 0.3) is 11.3 Å². The molecule has 1 aliphatic heterocycles. The summed E-state index contributed by atoms with van der Waals surface area (Å²) in [6.45, 7) is 5.38. The molecular weight excluding hydrogens is 402 g/mol. The number of aromatic nitrogens is 1. The maximum atomic E-state index is 12.8. The van der Waals surface area contributed by atoms with Gasteiger partial charge in [-0.15, -0.1) is 11.3 Å². The summed E-state index contributed by atoms with van der Waals surface area (Å²) in [6.07, 6.45) is 2.98. The van der Waals surface area contributed by atoms with Crippen molar-refractivity contribution in [2.75, 3.05) is 18.4 Å². The molecule has 1 aliphatic rings. The van der Waals surface area contributed by atoms with E-state index < -0.39 is 10.0 Å². The van der Waals surface area contributed by atoms with Gasteiger partial charge in [0.2, 0.25) is 10.0 Å². The Hall–Kier alpha value is -2.22. The van der Waals surface area contributed by atoms with Crippen molar-refractivity contribution in [3.8, 4) is 11.3 Å². The Bertz CT molecular complexity index is 1080. The molecule has 0 spiro atoms. The van der Waals surface area contributed by atoms with Gasteiger partial charge >= 0.3 is 0 Å². The average molecular weight is 428 g/mol. The van der Waals surface area contributed by atoms with Gasteiger partial charge < -0.3 is 5.32 Å². The zero-order valence-corrected chi connectivity index (χ0v) is 18.3. The van der Waals surface area contributed by atoms with Crippen molar-refractivity contribution in [2.45, 2.75) is 38.0 Å². The molecule has 152 valence electrons. The van der Waals surface area contributed by atoms with Gasteiger partial charge in [-0.2, -0.15) is 4.31 Å². The monoisotopic (exact) mass is 427 g/mol. The molecule has 0 unspecified atom stereocenters. The number of hydrogen-bond donors (Lipinski definition) is 1. The largest absolute Gasteiger partial charge is 0.332 e. The summed E-state index contributed by atoms with van der Waals surface area (Å²) in [5, 5.41) is 6.16. The molecule has 1 fully saturated rings. The molecule has 1 saturated heterocycles. The zero-order valence-electron chi connectivity index (χ0n) is 16.7. The number of aryl methyl sites for hydroxylation is 2. The standard InChI is InChI=1S/C22H25N3O2S2/c1-16-12-17(2)14-19(13-16)23-22-24-21(15-28-22)18-6-8-20(9-7-18)29(26,27)25-10-4-3-5-11-25/h6-9,12-15H,3-5,10-11H2,1-2H3,(H,23,24). The predicted molar refractivity (Wildman–Crippen MR) is 119 cm³/mol. The highest BCUT2D eigenvalue weighted by atomic mass is 32.2. The maximum absolute atomic E-state index is 12.8. The number of rotatable bonds is 5. The Morgan fingerprint density at radius 2 is 1.62 bits per heavy atom. The molecular formula is C22H25N3O2S2. The van der Waals surface area contributed by atoms with E-state index in [1.54, 1.807) is 16.4 Å². The molecule has 5 nitrogen and oxygen atoms in total. The molecule has 1 aromatic heterocycles. The van der Waals surface area contributed by atoms with Crippen LogP contribution in [0.15, 0.2) is 52.7 Å². The van der Waals surface area contributed by atoms with Gasteiger partial charge in [-0.25, -0.2) is 13.4 Å². The van der Waals surface area contributed by atoms with Crippen LogP contribution < -0.4 is 5.32 Å². The van der Waals surface area contributed by atoms with Crippen LogP contribution >= 0.6 is 11.3 Å². The molecule has 3 aromatic rings. The Kier molecular flexibility index (Phi) is 5.72. The Morgan fingerprint density at radius 3 is 2.28 bits per heavy atom. The van der Waals surface area contributed by atoms with Gasteiger partial charge in [-0.3, -0.25) is 0 Å². The third kappa shape index (κ3) is 4.52. The number of benzene rings is 2. The van der Waals surface area contributed by atoms with E-state index in [1.165, 1.54) is 22.5 Å². The zero-order chi connectivity index (χ0) is 20.4. The minimum absolute atomic E-state index is 0.354. The van der Waals surface area contributed by atoms with E-state index in [1.807, 2.05) is 17.5 Å². The van der Waals surface area contributed by atoms with Crippen molar-refractivity contribution in [3.63, 3.8) is 0 Å². The summed E-state index contributed by atoms with van der Waals surface area (Å²) in [7, 11) is -3.40. The normalized spacial score (nSPS) is 15.4. The molecule has 4 rings (SSSR count). The summed E-state index contributed by atoms with van der Waals surface area (Å²) < 4.78 is 27.2. The fraction of sp³-hybridized carbons (Fsp3) is 0.318. The van der Waals surface area contributed by atoms with E-state index in [0.29, 0.717) is 18.0 Å². The van der Waals surface area contributed by atoms with E-state index in [9.17, 15) is 8.42 Å². The number of anilines is 2. The SMILES string of the molecule is Cc1cc(C)cc(Nc2nc(-c3ccc(S(=O)(=O)N4CCCCC4)cc3)cs2)c1. The summed E-state index contributed by atoms with van der Waals surface area (Å²) in [4.78, 5) is 5.02. The van der Waals surface area contributed by atoms with Crippen LogP contribution in [0.1, 0.15) is 30.4 Å². The highest BCUT2D eigenvalue weighted by molar-refractivity contribution is 7.89. The third-order valence-corrected chi connectivity index (χ3v) is 7.75. The van der Waals surface area contributed by atoms with E-state index >= 15 is 0 Å². The third-order valence-electron chi connectivity index (χ3n) is 5.08. The summed E-state index contributed by atoms with van der Waals surface area (Å²) in [6, 6.07) is 13.4. The van der Waals surface area contributed by atoms with Crippen molar-refractivity contribution < 1.29 is 8.42 Å². The molecule has 7 heteroatoms. The van der Waals surface area contributed by atoms with Crippen molar-refractivity contribution in [3.05, 3.63) is 59.0 Å². The van der Waals surface area contributed by atoms with Crippen LogP contribution in [0.3, 0.4) is 0 Å². The molecule has 29 heavy (non-hydrogen) atoms. The Balaban J connectivity index is 1.51. The van der Waals surface area contributed by atoms with E-state index in [4.69, 9.17) is 0 Å². The van der Waals surface area contributed by atoms with Gasteiger partial charge in [0.25, 0.3) is 0 Å². The van der Waals surface area contributed by atoms with Gasteiger partial charge in [0.1, 0.15) is 0 Å². The fourth-order valence-corrected chi connectivity index (χ4v) is 5.94. The second-order valence-corrected chi connectivity index (χ2v) is 10.3. The molecule has 0 saturated carbocycles. The lowest BCUT2D eigenvalue weighted by atomic mass is 10.1. The van der Waals surface area contributed by atoms with E-state index in [-0.39, 0.29) is 0 Å². The number of hydrogen-bond acceptors (Lipinski definition) is 5. The van der Waals surface area contributed by atoms with Crippen LogP contribution in [0.4, 0.5) is 10.8 Å². The van der Waals surface area contributed by atoms with Gasteiger partial charge in [0.05, 0.1) is 10.6 Å². The highest BCUT2D eigenvalue weighted by Gasteiger charge is 2.25. The molecule has 0 atom stereocenters. The number of nitrogens with one attached hydrogen (secondary N) is 1. The topological polar surface area (TPSA) is 62.3 Å². The Labute approximate surface area is 176 Å². The van der Waals surface area contributed by atoms with Gasteiger partial charge in [-0.05, 0) is 62.1 Å². The summed E-state index contributed by atoms with van der Waals surface area (Å²) in [5.74, 6) is 0. The maximum Gasteiger partial charge on any atom is 0.243 e. The second-order valence-electron chi connectivity index (χ2n) is 7.53. The van der Waals surface area contributed by atoms with Crippen LogP contribution in [-0.2, 0) is 10.0 Å². The number of sulfonamides is 1. The lowest BCUT2D eigenvalue weighted by Gasteiger charge is -2.25. The lowest BCUT2D eigenvalue weighted by molar-refractivity contribution is 0.346. The predicted octanol–water partition coefficient (Wildman–Crippen LogP) is 5.35. The molecule has 0 bridgehead atoms. The average Bonchev–Trinajstić information content (AvgIpc) is 3.16. The smallest absolute Gasteiger partial charge is 0.243 e. The van der Waals surface area contributed by atoms with Crippen molar-refractivity contribution in [2.24, 2.45) is 0 Å². The minimum atomic E-state index is -3.40. The first-order valence-corrected chi connectivity index (χ1v) is 12.2. The second kappa shape index (κ2) is 8.26. The molecule has 1 N–H and O–H groups in total. The first-order chi connectivity index (χ1) is 13.9. The van der Waals surface area contributed by atoms with Gasteiger partial charge in [0.15, 0.2) is 5.13 Å². The molecule has 2 aromatic carbocycles. The van der Waals surface area contributed by atoms with Gasteiger partial charge in [0, 0.05) is 29.7 Å². The van der Waals surface area contributed by atoms with Gasteiger partial charge in [-0.1, -0.05) is 24.6 Å². The van der Waals surface area contributed by atoms with E-state index in [2.05, 4.69) is 42.3 Å².